The maximum absolute atomic E-state index is 13.0. The van der Waals surface area contributed by atoms with Gasteiger partial charge in [-0.05, 0) is 187 Å². The highest BCUT2D eigenvalue weighted by molar-refractivity contribution is 6.07. The number of hydrogen-bond acceptors (Lipinski definition) is 13. The van der Waals surface area contributed by atoms with E-state index in [0.29, 0.717) is 74.5 Å². The highest BCUT2D eigenvalue weighted by Gasteiger charge is 2.30. The first-order valence-electron chi connectivity index (χ1n) is 37.7. The molecule has 9 aromatic rings. The van der Waals surface area contributed by atoms with E-state index in [1.54, 1.807) is 99.6 Å². The molecule has 0 fully saturated rings. The van der Waals surface area contributed by atoms with E-state index in [4.69, 9.17) is 4.74 Å². The van der Waals surface area contributed by atoms with Crippen LogP contribution in [0, 0.1) is 38.5 Å². The van der Waals surface area contributed by atoms with Gasteiger partial charge < -0.3 is 20.7 Å². The van der Waals surface area contributed by atoms with Gasteiger partial charge in [0.1, 0.15) is 23.2 Å². The number of carbonyl (C=O) groups is 6. The van der Waals surface area contributed by atoms with Crippen molar-refractivity contribution in [2.24, 2.45) is 10.8 Å². The minimum atomic E-state index is -0.339. The number of hydrogen-bond donors (Lipinski definition) is 6. The van der Waals surface area contributed by atoms with Crippen molar-refractivity contribution in [2.45, 2.75) is 218 Å². The quantitative estimate of drug-likeness (QED) is 0.0308. The first kappa shape index (κ1) is 85.4. The molecule has 109 heavy (non-hydrogen) atoms. The predicted molar refractivity (Wildman–Crippen MR) is 442 cm³/mol. The van der Waals surface area contributed by atoms with E-state index in [1.165, 1.54) is 43.2 Å². The summed E-state index contributed by atoms with van der Waals surface area (Å²) in [5.74, 6) is 0.332. The van der Waals surface area contributed by atoms with Crippen LogP contribution in [0.2, 0.25) is 0 Å². The van der Waals surface area contributed by atoms with Gasteiger partial charge in [0, 0.05) is 68.7 Å². The molecule has 0 radical (unpaired) electrons. The first-order chi connectivity index (χ1) is 51.0. The second kappa shape index (κ2) is 37.3. The van der Waals surface area contributed by atoms with Gasteiger partial charge in [0.2, 0.25) is 17.8 Å². The molecule has 3 aromatic heterocycles. The number of amides is 6. The summed E-state index contributed by atoms with van der Waals surface area (Å²) in [5, 5.41) is 16.6. The van der Waals surface area contributed by atoms with Gasteiger partial charge in [0.15, 0.2) is 0 Å². The summed E-state index contributed by atoms with van der Waals surface area (Å²) in [6, 6.07) is 49.6. The number of ether oxygens (including phenoxy) is 1. The van der Waals surface area contributed by atoms with Crippen molar-refractivity contribution >= 4 is 70.7 Å². The van der Waals surface area contributed by atoms with Crippen molar-refractivity contribution in [3.63, 3.8) is 0 Å². The summed E-state index contributed by atoms with van der Waals surface area (Å²) in [6.45, 7) is 45.3. The fourth-order valence-corrected chi connectivity index (χ4v) is 12.9. The molecule has 0 aliphatic heterocycles. The molecule has 6 N–H and O–H groups in total. The van der Waals surface area contributed by atoms with Crippen molar-refractivity contribution in [2.75, 3.05) is 38.5 Å². The normalized spacial score (nSPS) is 11.7. The average Bonchev–Trinajstić information content (AvgIpc) is 0.816. The second-order valence-electron chi connectivity index (χ2n) is 33.9. The van der Waals surface area contributed by atoms with Crippen LogP contribution in [0.5, 0.6) is 5.75 Å². The fraction of sp³-hybridized carbons (Fsp3) is 0.400. The first-order valence-corrected chi connectivity index (χ1v) is 37.7. The summed E-state index contributed by atoms with van der Waals surface area (Å²) in [5.41, 5.74) is 11.1. The summed E-state index contributed by atoms with van der Waals surface area (Å²) < 4.78 is 5.78. The lowest BCUT2D eigenvalue weighted by Crippen LogP contribution is -2.25. The van der Waals surface area contributed by atoms with Gasteiger partial charge in [0.25, 0.3) is 35.4 Å². The standard InChI is InChI=1S/C35H48N4O2.C28H34N4O3.C27H32N4O2/c1-23-20-28(37-29(40)24-12-16-26(17-13-24)34(8,9)21-32(2,3)4)38-31(36-23)39-30(41)25-14-18-27(19-15-25)35(10,11)22-33(5,6)7;1-4-5-6-7-8-9-18-35-24-16-14-23(15-17-24)27(34)32-28-29-21(3)19-25(31-28)30-26(33)22-12-10-20(2)11-13-22;1-17-16-22(29-23(32)18-8-12-20(13-9-18)26(2,3)4)30-25(28-17)31-24(33)19-10-14-21(15-11-19)27(5,6)7/h12-20H,21-22H2,1-11H3,(H2,36,37,38,39,40,41);10-17,19H,4-9,18H2,1-3H3,(H2,29,30,31,32,33,34);8-16H,1-7H3,(H2,28,29,30,31,32,33). The van der Waals surface area contributed by atoms with E-state index in [2.05, 4.69) is 180 Å². The van der Waals surface area contributed by atoms with E-state index < -0.39 is 0 Å². The van der Waals surface area contributed by atoms with Crippen LogP contribution in [0.4, 0.5) is 35.3 Å². The number of anilines is 6. The third-order valence-corrected chi connectivity index (χ3v) is 18.0. The van der Waals surface area contributed by atoms with Crippen LogP contribution in [0.25, 0.3) is 0 Å². The van der Waals surface area contributed by atoms with Gasteiger partial charge in [-0.3, -0.25) is 44.7 Å². The zero-order valence-electron chi connectivity index (χ0n) is 68.0. The number of rotatable bonds is 24. The molecule has 0 unspecified atom stereocenters. The molecule has 576 valence electrons. The third-order valence-electron chi connectivity index (χ3n) is 18.0. The Morgan fingerprint density at radius 1 is 0.312 bits per heavy atom. The molecule has 3 heterocycles. The maximum atomic E-state index is 13.0. The molecule has 0 aliphatic carbocycles. The monoisotopic (exact) mass is 1470 g/mol. The van der Waals surface area contributed by atoms with E-state index in [-0.39, 0.29) is 85.8 Å². The van der Waals surface area contributed by atoms with Crippen molar-refractivity contribution < 1.29 is 33.5 Å². The average molecular weight is 1480 g/mol. The van der Waals surface area contributed by atoms with Crippen LogP contribution < -0.4 is 36.6 Å². The Kier molecular flexibility index (Phi) is 29.3. The molecule has 9 rings (SSSR count). The molecule has 0 aliphatic rings. The van der Waals surface area contributed by atoms with Crippen molar-refractivity contribution in [3.8, 4) is 5.75 Å². The molecular weight excluding hydrogens is 1360 g/mol. The van der Waals surface area contributed by atoms with Crippen LogP contribution in [0.1, 0.15) is 276 Å². The Hall–Kier alpha value is -10.8. The van der Waals surface area contributed by atoms with Gasteiger partial charge in [-0.2, -0.15) is 15.0 Å². The minimum Gasteiger partial charge on any atom is -0.494 e. The fourth-order valence-electron chi connectivity index (χ4n) is 12.9. The minimum absolute atomic E-state index is 0.00686. The van der Waals surface area contributed by atoms with E-state index >= 15 is 0 Å². The SMILES string of the molecule is CCCCCCCCOc1ccc(C(=O)Nc2nc(C)cc(NC(=O)c3ccc(C)cc3)n2)cc1.Cc1cc(NC(=O)c2ccc(C(C)(C)C)cc2)nc(NC(=O)c2ccc(C(C)(C)C)cc2)n1.Cc1cc(NC(=O)c2ccc(C(C)(C)CC(C)(C)C)cc2)nc(NC(=O)c2ccc(C(C)(C)CC(C)(C)C)cc2)n1. The number of aromatic nitrogens is 6. The number of carbonyl (C=O) groups excluding carboxylic acids is 6. The van der Waals surface area contributed by atoms with Gasteiger partial charge in [-0.15, -0.1) is 0 Å². The molecule has 19 heteroatoms. The molecule has 6 aromatic carbocycles. The number of unbranched alkanes of at least 4 members (excludes halogenated alkanes) is 5. The second-order valence-corrected chi connectivity index (χ2v) is 33.9. The number of aryl methyl sites for hydroxylation is 4. The van der Waals surface area contributed by atoms with Gasteiger partial charge in [-0.25, -0.2) is 15.0 Å². The van der Waals surface area contributed by atoms with Crippen LogP contribution in [0.3, 0.4) is 0 Å². The van der Waals surface area contributed by atoms with Crippen LogP contribution in [0.15, 0.2) is 164 Å². The highest BCUT2D eigenvalue weighted by Crippen LogP contribution is 2.38. The van der Waals surface area contributed by atoms with Crippen molar-refractivity contribution in [1.29, 1.82) is 0 Å². The molecular formula is C90H114N12O7. The van der Waals surface area contributed by atoms with E-state index in [9.17, 15) is 28.8 Å². The maximum Gasteiger partial charge on any atom is 0.258 e. The van der Waals surface area contributed by atoms with Crippen LogP contribution >= 0.6 is 0 Å². The lowest BCUT2D eigenvalue weighted by Gasteiger charge is -2.33. The summed E-state index contributed by atoms with van der Waals surface area (Å²) in [7, 11) is 0. The Labute approximate surface area is 646 Å². The van der Waals surface area contributed by atoms with Crippen LogP contribution in [-0.2, 0) is 21.7 Å². The summed E-state index contributed by atoms with van der Waals surface area (Å²) in [4.78, 5) is 102. The lowest BCUT2D eigenvalue weighted by molar-refractivity contribution is 0.101. The zero-order chi connectivity index (χ0) is 80.2. The number of nitrogens with zero attached hydrogens (tertiary/aromatic N) is 6. The molecule has 0 saturated heterocycles. The molecule has 0 saturated carbocycles. The van der Waals surface area contributed by atoms with Gasteiger partial charge >= 0.3 is 0 Å². The summed E-state index contributed by atoms with van der Waals surface area (Å²) in [6.07, 6.45) is 9.32. The van der Waals surface area contributed by atoms with E-state index in [1.807, 2.05) is 91.9 Å². The number of nitrogens with one attached hydrogen (secondary N) is 6. The number of benzene rings is 6. The third kappa shape index (κ3) is 27.7. The Bertz CT molecular complexity index is 4370. The molecule has 0 bridgehead atoms. The lowest BCUT2D eigenvalue weighted by atomic mass is 9.72. The Balaban J connectivity index is 0.000000229. The van der Waals surface area contributed by atoms with Crippen LogP contribution in [-0.4, -0.2) is 72.0 Å². The molecule has 0 spiro atoms. The smallest absolute Gasteiger partial charge is 0.258 e. The van der Waals surface area contributed by atoms with E-state index in [0.717, 1.165) is 41.7 Å². The van der Waals surface area contributed by atoms with Gasteiger partial charge in [0.05, 0.1) is 6.61 Å². The topological polar surface area (TPSA) is 261 Å². The van der Waals surface area contributed by atoms with Crippen molar-refractivity contribution in [1.82, 2.24) is 29.9 Å². The highest BCUT2D eigenvalue weighted by atomic mass is 16.5. The molecule has 19 nitrogen and oxygen atoms in total. The molecule has 6 amide bonds. The predicted octanol–water partition coefficient (Wildman–Crippen LogP) is 20.9. The Morgan fingerprint density at radius 3 is 0.853 bits per heavy atom. The van der Waals surface area contributed by atoms with Crippen molar-refractivity contribution in [3.05, 3.63) is 242 Å². The largest absolute Gasteiger partial charge is 0.494 e. The van der Waals surface area contributed by atoms with Gasteiger partial charge in [-0.1, -0.05) is 216 Å². The molecule has 0 atom stereocenters. The Morgan fingerprint density at radius 2 is 0.569 bits per heavy atom. The summed E-state index contributed by atoms with van der Waals surface area (Å²) >= 11 is 0. The zero-order valence-corrected chi connectivity index (χ0v) is 68.0.